The molecule has 3 N–H and O–H groups in total. The van der Waals surface area contributed by atoms with Gasteiger partial charge in [-0.15, -0.1) is 12.4 Å². The molecule has 0 aromatic heterocycles. The van der Waals surface area contributed by atoms with Gasteiger partial charge in [-0.3, -0.25) is 10.2 Å². The van der Waals surface area contributed by atoms with Gasteiger partial charge in [-0.05, 0) is 24.3 Å². The minimum Gasteiger partial charge on any atom is -0.379 e. The molecule has 6 heteroatoms. The number of thioether (sulfide) groups is 1. The monoisotopic (exact) mass is 264 g/mol. The Balaban J connectivity index is 0.00000196. The number of Topliss-reactive ketones (excluding diaryl/α,β-unsaturated/α-hetero) is 1. The zero-order valence-electron chi connectivity index (χ0n) is 7.70. The first-order valence-corrected chi connectivity index (χ1v) is 5.21. The maximum atomic E-state index is 11.4. The summed E-state index contributed by atoms with van der Waals surface area (Å²) in [5.41, 5.74) is 5.70. The smallest absolute Gasteiger partial charge is 0.173 e. The van der Waals surface area contributed by atoms with Gasteiger partial charge < -0.3 is 5.73 Å². The summed E-state index contributed by atoms with van der Waals surface area (Å²) >= 11 is 6.69. The first kappa shape index (κ1) is 14.3. The van der Waals surface area contributed by atoms with E-state index >= 15 is 0 Å². The number of nitrogens with one attached hydrogen (secondary N) is 1. The average Bonchev–Trinajstić information content (AvgIpc) is 2.15. The van der Waals surface area contributed by atoms with Crippen LogP contribution in [0.1, 0.15) is 10.4 Å². The lowest BCUT2D eigenvalue weighted by molar-refractivity contribution is 0.102. The van der Waals surface area contributed by atoms with E-state index < -0.39 is 0 Å². The third kappa shape index (κ3) is 5.06. The van der Waals surface area contributed by atoms with Crippen LogP contribution in [-0.4, -0.2) is 16.7 Å². The van der Waals surface area contributed by atoms with Gasteiger partial charge in [-0.2, -0.15) is 0 Å². The van der Waals surface area contributed by atoms with Crippen molar-refractivity contribution in [3.8, 4) is 0 Å². The number of hydrogen-bond acceptors (Lipinski definition) is 3. The number of halogens is 2. The molecule has 15 heavy (non-hydrogen) atoms. The number of amidine groups is 1. The molecule has 0 aliphatic carbocycles. The second kappa shape index (κ2) is 6.71. The Morgan fingerprint density at radius 1 is 1.40 bits per heavy atom. The molecule has 0 aliphatic rings. The van der Waals surface area contributed by atoms with Crippen LogP contribution < -0.4 is 5.73 Å². The van der Waals surface area contributed by atoms with E-state index in [0.717, 1.165) is 11.8 Å². The van der Waals surface area contributed by atoms with Crippen LogP contribution in [0, 0.1) is 5.41 Å². The topological polar surface area (TPSA) is 66.9 Å². The average molecular weight is 265 g/mol. The SMILES string of the molecule is Cl.N=C(N)SCC(=O)c1ccc(Cl)cc1. The summed E-state index contributed by atoms with van der Waals surface area (Å²) < 4.78 is 0. The van der Waals surface area contributed by atoms with Crippen molar-refractivity contribution in [3.05, 3.63) is 34.9 Å². The van der Waals surface area contributed by atoms with Crippen molar-refractivity contribution in [2.24, 2.45) is 5.73 Å². The van der Waals surface area contributed by atoms with Gasteiger partial charge in [-0.1, -0.05) is 23.4 Å². The second-order valence-electron chi connectivity index (χ2n) is 2.58. The molecule has 0 bridgehead atoms. The molecule has 0 aliphatic heterocycles. The fraction of sp³-hybridized carbons (Fsp3) is 0.111. The Kier molecular flexibility index (Phi) is 6.40. The summed E-state index contributed by atoms with van der Waals surface area (Å²) in [4.78, 5) is 11.4. The second-order valence-corrected chi connectivity index (χ2v) is 4.04. The number of ketones is 1. The maximum absolute atomic E-state index is 11.4. The van der Waals surface area contributed by atoms with E-state index in [0.29, 0.717) is 10.6 Å². The third-order valence-electron chi connectivity index (χ3n) is 1.52. The fourth-order valence-electron chi connectivity index (χ4n) is 0.862. The van der Waals surface area contributed by atoms with Gasteiger partial charge in [-0.25, -0.2) is 0 Å². The Hall–Kier alpha value is -0.710. The van der Waals surface area contributed by atoms with E-state index in [-0.39, 0.29) is 29.1 Å². The van der Waals surface area contributed by atoms with Gasteiger partial charge in [0.15, 0.2) is 11.0 Å². The Bertz CT molecular complexity index is 354. The fourth-order valence-corrected chi connectivity index (χ4v) is 1.44. The van der Waals surface area contributed by atoms with Gasteiger partial charge in [0.2, 0.25) is 0 Å². The zero-order valence-corrected chi connectivity index (χ0v) is 10.1. The third-order valence-corrected chi connectivity index (χ3v) is 2.49. The lowest BCUT2D eigenvalue weighted by Gasteiger charge is -1.99. The van der Waals surface area contributed by atoms with Gasteiger partial charge >= 0.3 is 0 Å². The summed E-state index contributed by atoms with van der Waals surface area (Å²) in [6.07, 6.45) is 0. The van der Waals surface area contributed by atoms with Gasteiger partial charge in [0.1, 0.15) is 0 Å². The van der Waals surface area contributed by atoms with Crippen molar-refractivity contribution in [1.82, 2.24) is 0 Å². The molecule has 0 atom stereocenters. The summed E-state index contributed by atoms with van der Waals surface area (Å²) in [6, 6.07) is 6.64. The van der Waals surface area contributed by atoms with E-state index in [1.807, 2.05) is 0 Å². The highest BCUT2D eigenvalue weighted by Gasteiger charge is 2.06. The summed E-state index contributed by atoms with van der Waals surface area (Å²) in [5.74, 6) is 0.138. The number of hydrogen-bond donors (Lipinski definition) is 2. The van der Waals surface area contributed by atoms with Crippen LogP contribution in [0.2, 0.25) is 5.02 Å². The first-order valence-electron chi connectivity index (χ1n) is 3.85. The normalized spacial score (nSPS) is 9.13. The van der Waals surface area contributed by atoms with Crippen LogP contribution in [0.4, 0.5) is 0 Å². The molecule has 1 rings (SSSR count). The molecule has 1 aromatic carbocycles. The number of benzene rings is 1. The molecule has 1 aromatic rings. The van der Waals surface area contributed by atoms with Crippen molar-refractivity contribution in [2.75, 3.05) is 5.75 Å². The zero-order chi connectivity index (χ0) is 10.6. The van der Waals surface area contributed by atoms with Crippen LogP contribution in [-0.2, 0) is 0 Å². The van der Waals surface area contributed by atoms with Crippen molar-refractivity contribution in [3.63, 3.8) is 0 Å². The van der Waals surface area contributed by atoms with Crippen LogP contribution >= 0.6 is 35.8 Å². The van der Waals surface area contributed by atoms with E-state index in [2.05, 4.69) is 0 Å². The van der Waals surface area contributed by atoms with Crippen molar-refractivity contribution < 1.29 is 4.79 Å². The minimum atomic E-state index is -0.0538. The standard InChI is InChI=1S/C9H9ClN2OS.ClH/c10-7-3-1-6(2-4-7)8(13)5-14-9(11)12;/h1-4H,5H2,(H3,11,12);1H. The Labute approximate surface area is 103 Å². The molecule has 0 saturated heterocycles. The van der Waals surface area contributed by atoms with Crippen molar-refractivity contribution in [2.45, 2.75) is 0 Å². The minimum absolute atomic E-state index is 0. The lowest BCUT2D eigenvalue weighted by Crippen LogP contribution is -2.10. The molecule has 0 saturated carbocycles. The quantitative estimate of drug-likeness (QED) is 0.501. The first-order chi connectivity index (χ1) is 6.59. The molecule has 0 spiro atoms. The van der Waals surface area contributed by atoms with Gasteiger partial charge in [0, 0.05) is 10.6 Å². The van der Waals surface area contributed by atoms with Crippen LogP contribution in [0.5, 0.6) is 0 Å². The largest absolute Gasteiger partial charge is 0.379 e. The van der Waals surface area contributed by atoms with Crippen LogP contribution in [0.25, 0.3) is 0 Å². The van der Waals surface area contributed by atoms with Gasteiger partial charge in [0.25, 0.3) is 0 Å². The van der Waals surface area contributed by atoms with Crippen LogP contribution in [0.3, 0.4) is 0 Å². The number of rotatable bonds is 3. The highest BCUT2D eigenvalue weighted by molar-refractivity contribution is 8.14. The predicted octanol–water partition coefficient (Wildman–Crippen LogP) is 2.57. The molecule has 3 nitrogen and oxygen atoms in total. The summed E-state index contributed by atoms with van der Waals surface area (Å²) in [5, 5.41) is 7.50. The summed E-state index contributed by atoms with van der Waals surface area (Å²) in [7, 11) is 0. The highest BCUT2D eigenvalue weighted by atomic mass is 35.5. The molecular formula is C9H10Cl2N2OS. The predicted molar refractivity (Wildman–Crippen MR) is 67.4 cm³/mol. The highest BCUT2D eigenvalue weighted by Crippen LogP contribution is 2.11. The maximum Gasteiger partial charge on any atom is 0.173 e. The van der Waals surface area contributed by atoms with E-state index in [1.54, 1.807) is 24.3 Å². The Morgan fingerprint density at radius 3 is 2.40 bits per heavy atom. The molecule has 0 radical (unpaired) electrons. The van der Waals surface area contributed by atoms with E-state index in [1.165, 1.54) is 0 Å². The molecule has 82 valence electrons. The van der Waals surface area contributed by atoms with Gasteiger partial charge in [0.05, 0.1) is 5.75 Å². The molecule has 0 unspecified atom stereocenters. The lowest BCUT2D eigenvalue weighted by atomic mass is 10.1. The molecule has 0 amide bonds. The van der Waals surface area contributed by atoms with E-state index in [4.69, 9.17) is 22.7 Å². The molecule has 0 heterocycles. The number of carbonyl (C=O) groups is 1. The number of nitrogens with two attached hydrogens (primary N) is 1. The number of carbonyl (C=O) groups excluding carboxylic acids is 1. The van der Waals surface area contributed by atoms with Crippen LogP contribution in [0.15, 0.2) is 24.3 Å². The summed E-state index contributed by atoms with van der Waals surface area (Å²) in [6.45, 7) is 0. The molecular weight excluding hydrogens is 255 g/mol. The van der Waals surface area contributed by atoms with Crippen molar-refractivity contribution in [1.29, 1.82) is 5.41 Å². The van der Waals surface area contributed by atoms with E-state index in [9.17, 15) is 4.79 Å². The molecule has 0 fully saturated rings. The Morgan fingerprint density at radius 2 is 1.93 bits per heavy atom. The van der Waals surface area contributed by atoms with Crippen molar-refractivity contribution >= 4 is 46.7 Å².